The van der Waals surface area contributed by atoms with Gasteiger partial charge in [-0.3, -0.25) is 0 Å². The molecule has 1 atom stereocenters. The zero-order valence-corrected chi connectivity index (χ0v) is 11.4. The Hall–Kier alpha value is -0.450. The molecule has 2 rings (SSSR count). The van der Waals surface area contributed by atoms with Gasteiger partial charge in [0.2, 0.25) is 0 Å². The van der Waals surface area contributed by atoms with E-state index >= 15 is 0 Å². The lowest BCUT2D eigenvalue weighted by Gasteiger charge is -2.24. The maximum Gasteiger partial charge on any atom is 0.110 e. The summed E-state index contributed by atoms with van der Waals surface area (Å²) >= 11 is 1.70. The van der Waals surface area contributed by atoms with Crippen LogP contribution in [0.15, 0.2) is 0 Å². The third kappa shape index (κ3) is 1.69. The quantitative estimate of drug-likeness (QED) is 0.864. The van der Waals surface area contributed by atoms with Crippen molar-refractivity contribution in [3.63, 3.8) is 0 Å². The SMILES string of the molecule is CCC(N)c1nc2c(s1)C(C)(C)OC2(C)C. The summed E-state index contributed by atoms with van der Waals surface area (Å²) in [6, 6.07) is 0.0576. The molecular formula is C12H20N2OS. The van der Waals surface area contributed by atoms with Gasteiger partial charge in [0.25, 0.3) is 0 Å². The Labute approximate surface area is 101 Å². The molecule has 16 heavy (non-hydrogen) atoms. The molecular weight excluding hydrogens is 220 g/mol. The number of fused-ring (bicyclic) bond motifs is 1. The van der Waals surface area contributed by atoms with Gasteiger partial charge in [-0.25, -0.2) is 4.98 Å². The largest absolute Gasteiger partial charge is 0.358 e. The Morgan fingerprint density at radius 2 is 1.94 bits per heavy atom. The van der Waals surface area contributed by atoms with Crippen molar-refractivity contribution in [2.24, 2.45) is 5.73 Å². The normalized spacial score (nSPS) is 23.1. The van der Waals surface area contributed by atoms with Crippen LogP contribution in [-0.4, -0.2) is 4.98 Å². The van der Waals surface area contributed by atoms with Crippen LogP contribution in [0.4, 0.5) is 0 Å². The van der Waals surface area contributed by atoms with Crippen molar-refractivity contribution in [3.05, 3.63) is 15.6 Å². The molecule has 0 amide bonds. The monoisotopic (exact) mass is 240 g/mol. The van der Waals surface area contributed by atoms with Crippen molar-refractivity contribution in [2.75, 3.05) is 0 Å². The Balaban J connectivity index is 2.49. The van der Waals surface area contributed by atoms with E-state index in [2.05, 4.69) is 39.6 Å². The molecule has 0 aromatic carbocycles. The number of thiazole rings is 1. The molecule has 0 saturated carbocycles. The molecule has 90 valence electrons. The second-order valence-electron chi connectivity index (χ2n) is 5.37. The maximum atomic E-state index is 6.04. The summed E-state index contributed by atoms with van der Waals surface area (Å²) in [6.45, 7) is 10.4. The van der Waals surface area contributed by atoms with Gasteiger partial charge in [-0.05, 0) is 34.1 Å². The number of rotatable bonds is 2. The topological polar surface area (TPSA) is 48.1 Å². The molecule has 0 aliphatic carbocycles. The van der Waals surface area contributed by atoms with E-state index in [1.807, 2.05) is 0 Å². The van der Waals surface area contributed by atoms with E-state index in [1.54, 1.807) is 11.3 Å². The molecule has 4 heteroatoms. The maximum absolute atomic E-state index is 6.04. The molecule has 1 aliphatic rings. The van der Waals surface area contributed by atoms with Crippen molar-refractivity contribution in [1.82, 2.24) is 4.98 Å². The molecule has 0 fully saturated rings. The standard InChI is InChI=1S/C12H20N2OS/c1-6-7(13)10-14-8-9(16-10)12(4,5)15-11(8,2)3/h7H,6,13H2,1-5H3. The lowest BCUT2D eigenvalue weighted by atomic mass is 10.0. The Morgan fingerprint density at radius 3 is 2.44 bits per heavy atom. The van der Waals surface area contributed by atoms with Crippen LogP contribution in [0, 0.1) is 0 Å². The van der Waals surface area contributed by atoms with Crippen molar-refractivity contribution in [2.45, 2.75) is 58.3 Å². The van der Waals surface area contributed by atoms with Gasteiger partial charge < -0.3 is 10.5 Å². The Bertz CT molecular complexity index is 378. The first-order valence-corrected chi connectivity index (χ1v) is 6.57. The highest BCUT2D eigenvalue weighted by Gasteiger charge is 2.46. The van der Waals surface area contributed by atoms with Crippen LogP contribution < -0.4 is 5.73 Å². The number of hydrogen-bond acceptors (Lipinski definition) is 4. The highest BCUT2D eigenvalue weighted by molar-refractivity contribution is 7.12. The summed E-state index contributed by atoms with van der Waals surface area (Å²) < 4.78 is 6.02. The summed E-state index contributed by atoms with van der Waals surface area (Å²) in [5, 5.41) is 1.04. The van der Waals surface area contributed by atoms with E-state index < -0.39 is 0 Å². The molecule has 0 spiro atoms. The van der Waals surface area contributed by atoms with E-state index in [1.165, 1.54) is 4.88 Å². The molecule has 0 bridgehead atoms. The van der Waals surface area contributed by atoms with Gasteiger partial charge in [0.15, 0.2) is 0 Å². The third-order valence-electron chi connectivity index (χ3n) is 3.03. The zero-order chi connectivity index (χ0) is 12.1. The predicted octanol–water partition coefficient (Wildman–Crippen LogP) is 3.05. The Kier molecular flexibility index (Phi) is 2.64. The minimum absolute atomic E-state index is 0.0576. The summed E-state index contributed by atoms with van der Waals surface area (Å²) in [7, 11) is 0. The molecule has 1 aromatic rings. The highest BCUT2D eigenvalue weighted by Crippen LogP contribution is 2.49. The van der Waals surface area contributed by atoms with E-state index in [9.17, 15) is 0 Å². The van der Waals surface area contributed by atoms with Crippen LogP contribution in [0.5, 0.6) is 0 Å². The van der Waals surface area contributed by atoms with Crippen LogP contribution in [0.3, 0.4) is 0 Å². The zero-order valence-electron chi connectivity index (χ0n) is 10.6. The minimum Gasteiger partial charge on any atom is -0.358 e. The number of nitrogens with two attached hydrogens (primary N) is 1. The highest BCUT2D eigenvalue weighted by atomic mass is 32.1. The average molecular weight is 240 g/mol. The van der Waals surface area contributed by atoms with Crippen molar-refractivity contribution < 1.29 is 4.74 Å². The summed E-state index contributed by atoms with van der Waals surface area (Å²) in [5.74, 6) is 0. The van der Waals surface area contributed by atoms with Crippen LogP contribution >= 0.6 is 11.3 Å². The van der Waals surface area contributed by atoms with E-state index in [4.69, 9.17) is 10.5 Å². The van der Waals surface area contributed by atoms with Gasteiger partial charge in [0.1, 0.15) is 10.6 Å². The third-order valence-corrected chi connectivity index (χ3v) is 4.52. The Morgan fingerprint density at radius 1 is 1.31 bits per heavy atom. The molecule has 0 saturated heterocycles. The second kappa shape index (κ2) is 3.52. The number of hydrogen-bond donors (Lipinski definition) is 1. The average Bonchev–Trinajstić information content (AvgIpc) is 2.65. The fraction of sp³-hybridized carbons (Fsp3) is 0.750. The molecule has 1 aromatic heterocycles. The van der Waals surface area contributed by atoms with Gasteiger partial charge in [-0.2, -0.15) is 0 Å². The van der Waals surface area contributed by atoms with E-state index in [0.29, 0.717) is 0 Å². The first-order chi connectivity index (χ1) is 7.28. The van der Waals surface area contributed by atoms with Crippen molar-refractivity contribution in [3.8, 4) is 0 Å². The number of ether oxygens (including phenoxy) is 1. The lowest BCUT2D eigenvalue weighted by Crippen LogP contribution is -2.23. The van der Waals surface area contributed by atoms with Crippen LogP contribution in [0.1, 0.15) is 62.7 Å². The molecule has 1 unspecified atom stereocenters. The summed E-state index contributed by atoms with van der Waals surface area (Å²) in [5.41, 5.74) is 6.59. The fourth-order valence-corrected chi connectivity index (χ4v) is 3.56. The van der Waals surface area contributed by atoms with Gasteiger partial charge in [0, 0.05) is 0 Å². The number of aromatic nitrogens is 1. The fourth-order valence-electron chi connectivity index (χ4n) is 2.22. The molecule has 3 nitrogen and oxygen atoms in total. The summed E-state index contributed by atoms with van der Waals surface area (Å²) in [6.07, 6.45) is 0.925. The second-order valence-corrected chi connectivity index (χ2v) is 6.40. The lowest BCUT2D eigenvalue weighted by molar-refractivity contribution is -0.105. The smallest absolute Gasteiger partial charge is 0.110 e. The van der Waals surface area contributed by atoms with Crippen LogP contribution in [-0.2, 0) is 15.9 Å². The summed E-state index contributed by atoms with van der Waals surface area (Å²) in [4.78, 5) is 5.91. The van der Waals surface area contributed by atoms with Crippen LogP contribution in [0.2, 0.25) is 0 Å². The first kappa shape index (κ1) is 12.0. The molecule has 2 heterocycles. The molecule has 1 aliphatic heterocycles. The first-order valence-electron chi connectivity index (χ1n) is 5.75. The number of nitrogens with zero attached hydrogens (tertiary/aromatic N) is 1. The minimum atomic E-state index is -0.291. The van der Waals surface area contributed by atoms with E-state index in [-0.39, 0.29) is 17.2 Å². The molecule has 2 N–H and O–H groups in total. The van der Waals surface area contributed by atoms with Gasteiger partial charge in [-0.1, -0.05) is 6.92 Å². The predicted molar refractivity (Wildman–Crippen MR) is 66.5 cm³/mol. The van der Waals surface area contributed by atoms with Crippen LogP contribution in [0.25, 0.3) is 0 Å². The van der Waals surface area contributed by atoms with Gasteiger partial charge in [-0.15, -0.1) is 11.3 Å². The van der Waals surface area contributed by atoms with E-state index in [0.717, 1.165) is 17.1 Å². The van der Waals surface area contributed by atoms with Crippen molar-refractivity contribution in [1.29, 1.82) is 0 Å². The van der Waals surface area contributed by atoms with Crippen molar-refractivity contribution >= 4 is 11.3 Å². The van der Waals surface area contributed by atoms with Gasteiger partial charge >= 0.3 is 0 Å². The molecule has 0 radical (unpaired) electrons. The van der Waals surface area contributed by atoms with Gasteiger partial charge in [0.05, 0.1) is 22.2 Å².